The summed E-state index contributed by atoms with van der Waals surface area (Å²) in [6.07, 6.45) is 5.08. The third kappa shape index (κ3) is 1.73. The third-order valence-corrected chi connectivity index (χ3v) is 5.33. The van der Waals surface area contributed by atoms with Gasteiger partial charge in [0.25, 0.3) is 0 Å². The maximum Gasteiger partial charge on any atom is 0.307 e. The summed E-state index contributed by atoms with van der Waals surface area (Å²) >= 11 is 0. The number of nitrogens with one attached hydrogen (secondary N) is 1. The summed E-state index contributed by atoms with van der Waals surface area (Å²) in [4.78, 5) is 23.1. The number of carbonyl (C=O) groups is 2. The van der Waals surface area contributed by atoms with E-state index < -0.39 is 11.9 Å². The molecule has 3 saturated carbocycles. The molecule has 0 aromatic carbocycles. The second-order valence-corrected chi connectivity index (χ2v) is 6.97. The molecule has 0 bridgehead atoms. The van der Waals surface area contributed by atoms with Gasteiger partial charge in [0.2, 0.25) is 5.91 Å². The number of carbonyl (C=O) groups excluding carboxylic acids is 1. The van der Waals surface area contributed by atoms with E-state index in [2.05, 4.69) is 5.32 Å². The molecule has 0 aromatic rings. The van der Waals surface area contributed by atoms with Crippen molar-refractivity contribution < 1.29 is 14.7 Å². The smallest absolute Gasteiger partial charge is 0.307 e. The summed E-state index contributed by atoms with van der Waals surface area (Å²) in [7, 11) is 0. The fourth-order valence-corrected chi connectivity index (χ4v) is 3.55. The Morgan fingerprint density at radius 3 is 2.22 bits per heavy atom. The zero-order valence-electron chi connectivity index (χ0n) is 11.0. The first-order chi connectivity index (χ1) is 8.38. The van der Waals surface area contributed by atoms with E-state index in [0.29, 0.717) is 5.41 Å². The van der Waals surface area contributed by atoms with Crippen LogP contribution in [0.1, 0.15) is 39.5 Å². The molecular formula is C14H21NO3. The minimum absolute atomic E-state index is 0.0562. The molecule has 0 unspecified atom stereocenters. The SMILES string of the molecule is CC1(C)[C@H](C(=O)O)[C@@H]1C(=O)NCC1(C2CC2)CC1. The van der Waals surface area contributed by atoms with Crippen LogP contribution in [0.4, 0.5) is 0 Å². The minimum atomic E-state index is -0.844. The second kappa shape index (κ2) is 3.49. The lowest BCUT2D eigenvalue weighted by Crippen LogP contribution is -2.33. The first-order valence-corrected chi connectivity index (χ1v) is 6.89. The van der Waals surface area contributed by atoms with Crippen molar-refractivity contribution in [2.45, 2.75) is 39.5 Å². The summed E-state index contributed by atoms with van der Waals surface area (Å²) in [5.74, 6) is -0.929. The van der Waals surface area contributed by atoms with Gasteiger partial charge in [0.15, 0.2) is 0 Å². The van der Waals surface area contributed by atoms with Crippen molar-refractivity contribution in [1.29, 1.82) is 0 Å². The highest BCUT2D eigenvalue weighted by Crippen LogP contribution is 2.61. The Bertz CT molecular complexity index is 407. The van der Waals surface area contributed by atoms with Crippen molar-refractivity contribution in [2.75, 3.05) is 6.54 Å². The quantitative estimate of drug-likeness (QED) is 0.780. The maximum absolute atomic E-state index is 12.1. The van der Waals surface area contributed by atoms with E-state index in [1.807, 2.05) is 13.8 Å². The second-order valence-electron chi connectivity index (χ2n) is 6.97. The molecule has 18 heavy (non-hydrogen) atoms. The fraction of sp³-hybridized carbons (Fsp3) is 0.857. The number of aliphatic carboxylic acids is 1. The minimum Gasteiger partial charge on any atom is -0.481 e. The number of hydrogen-bond donors (Lipinski definition) is 2. The van der Waals surface area contributed by atoms with Gasteiger partial charge in [-0.2, -0.15) is 0 Å². The normalized spacial score (nSPS) is 34.8. The third-order valence-electron chi connectivity index (χ3n) is 5.33. The molecule has 0 heterocycles. The molecule has 0 saturated heterocycles. The molecule has 0 aromatic heterocycles. The maximum atomic E-state index is 12.1. The molecule has 1 amide bonds. The van der Waals surface area contributed by atoms with Crippen LogP contribution in [0.15, 0.2) is 0 Å². The van der Waals surface area contributed by atoms with E-state index in [1.165, 1.54) is 25.7 Å². The van der Waals surface area contributed by atoms with Crippen LogP contribution in [-0.4, -0.2) is 23.5 Å². The highest BCUT2D eigenvalue weighted by molar-refractivity contribution is 5.91. The summed E-state index contributed by atoms with van der Waals surface area (Å²) in [6, 6.07) is 0. The highest BCUT2D eigenvalue weighted by Gasteiger charge is 2.66. The molecule has 2 atom stereocenters. The summed E-state index contributed by atoms with van der Waals surface area (Å²) < 4.78 is 0. The average Bonchev–Trinajstić information content (AvgIpc) is 3.11. The Morgan fingerprint density at radius 2 is 1.83 bits per heavy atom. The van der Waals surface area contributed by atoms with Gasteiger partial charge >= 0.3 is 5.97 Å². The zero-order chi connectivity index (χ0) is 13.1. The topological polar surface area (TPSA) is 66.4 Å². The fourth-order valence-electron chi connectivity index (χ4n) is 3.55. The molecule has 4 heteroatoms. The largest absolute Gasteiger partial charge is 0.481 e. The molecule has 4 nitrogen and oxygen atoms in total. The van der Waals surface area contributed by atoms with Gasteiger partial charge < -0.3 is 10.4 Å². The molecule has 0 spiro atoms. The van der Waals surface area contributed by atoms with Crippen LogP contribution >= 0.6 is 0 Å². The van der Waals surface area contributed by atoms with Crippen molar-refractivity contribution in [3.8, 4) is 0 Å². The predicted octanol–water partition coefficient (Wildman–Crippen LogP) is 1.65. The van der Waals surface area contributed by atoms with E-state index in [9.17, 15) is 9.59 Å². The van der Waals surface area contributed by atoms with E-state index in [1.54, 1.807) is 0 Å². The van der Waals surface area contributed by atoms with Crippen LogP contribution in [-0.2, 0) is 9.59 Å². The lowest BCUT2D eigenvalue weighted by atomic mass is 10.0. The van der Waals surface area contributed by atoms with Crippen molar-refractivity contribution in [3.05, 3.63) is 0 Å². The summed E-state index contributed by atoms with van der Waals surface area (Å²) in [5, 5.41) is 12.1. The number of amides is 1. The Morgan fingerprint density at radius 1 is 1.22 bits per heavy atom. The van der Waals surface area contributed by atoms with Crippen LogP contribution in [0.2, 0.25) is 0 Å². The van der Waals surface area contributed by atoms with Gasteiger partial charge in [0, 0.05) is 6.54 Å². The van der Waals surface area contributed by atoms with Crippen LogP contribution < -0.4 is 5.32 Å². The lowest BCUT2D eigenvalue weighted by Gasteiger charge is -2.15. The number of rotatable bonds is 5. The Kier molecular flexibility index (Phi) is 2.32. The van der Waals surface area contributed by atoms with Crippen LogP contribution in [0, 0.1) is 28.6 Å². The van der Waals surface area contributed by atoms with E-state index >= 15 is 0 Å². The van der Waals surface area contributed by atoms with Gasteiger partial charge in [-0.15, -0.1) is 0 Å². The van der Waals surface area contributed by atoms with Crippen molar-refractivity contribution in [3.63, 3.8) is 0 Å². The van der Waals surface area contributed by atoms with Gasteiger partial charge in [-0.1, -0.05) is 13.8 Å². The Balaban J connectivity index is 1.55. The standard InChI is InChI=1S/C14H21NO3/c1-13(2)9(10(13)12(17)18)11(16)15-7-14(5-6-14)8-3-4-8/h8-10H,3-7H2,1-2H3,(H,15,16)(H,17,18)/t9-,10+/m1/s1. The number of hydrogen-bond acceptors (Lipinski definition) is 2. The van der Waals surface area contributed by atoms with Crippen LogP contribution in [0.25, 0.3) is 0 Å². The molecule has 0 aliphatic heterocycles. The van der Waals surface area contributed by atoms with E-state index in [0.717, 1.165) is 12.5 Å². The van der Waals surface area contributed by atoms with Gasteiger partial charge in [0.05, 0.1) is 11.8 Å². The van der Waals surface area contributed by atoms with E-state index in [-0.39, 0.29) is 17.2 Å². The molecule has 3 aliphatic carbocycles. The first-order valence-electron chi connectivity index (χ1n) is 6.89. The van der Waals surface area contributed by atoms with Crippen molar-refractivity contribution >= 4 is 11.9 Å². The monoisotopic (exact) mass is 251 g/mol. The Hall–Kier alpha value is -1.06. The highest BCUT2D eigenvalue weighted by atomic mass is 16.4. The Labute approximate surface area is 107 Å². The molecule has 3 rings (SSSR count). The van der Waals surface area contributed by atoms with Crippen molar-refractivity contribution in [2.24, 2.45) is 28.6 Å². The molecule has 2 N–H and O–H groups in total. The first kappa shape index (κ1) is 12.0. The lowest BCUT2D eigenvalue weighted by molar-refractivity contribution is -0.140. The predicted molar refractivity (Wildman–Crippen MR) is 65.8 cm³/mol. The molecule has 3 aliphatic rings. The average molecular weight is 251 g/mol. The van der Waals surface area contributed by atoms with Gasteiger partial charge in [-0.25, -0.2) is 0 Å². The number of carboxylic acids is 1. The molecular weight excluding hydrogens is 230 g/mol. The van der Waals surface area contributed by atoms with Gasteiger partial charge in [0.1, 0.15) is 0 Å². The van der Waals surface area contributed by atoms with Gasteiger partial charge in [-0.05, 0) is 42.4 Å². The van der Waals surface area contributed by atoms with E-state index in [4.69, 9.17) is 5.11 Å². The summed E-state index contributed by atoms with van der Waals surface area (Å²) in [5.41, 5.74) is -0.000372. The van der Waals surface area contributed by atoms with Crippen LogP contribution in [0.3, 0.4) is 0 Å². The number of carboxylic acid groups (broad SMARTS) is 1. The van der Waals surface area contributed by atoms with Gasteiger partial charge in [-0.3, -0.25) is 9.59 Å². The van der Waals surface area contributed by atoms with Crippen LogP contribution in [0.5, 0.6) is 0 Å². The molecule has 100 valence electrons. The summed E-state index contributed by atoms with van der Waals surface area (Å²) in [6.45, 7) is 4.49. The zero-order valence-corrected chi connectivity index (χ0v) is 11.0. The molecule has 0 radical (unpaired) electrons. The molecule has 3 fully saturated rings. The van der Waals surface area contributed by atoms with Crippen molar-refractivity contribution in [1.82, 2.24) is 5.32 Å².